The van der Waals surface area contributed by atoms with Crippen molar-refractivity contribution in [3.8, 4) is 0 Å². The number of amides is 3. The molecule has 0 bridgehead atoms. The third-order valence-corrected chi connectivity index (χ3v) is 3.19. The first-order valence-electron chi connectivity index (χ1n) is 6.36. The van der Waals surface area contributed by atoms with Gasteiger partial charge in [-0.2, -0.15) is 4.39 Å². The average Bonchev–Trinajstić information content (AvgIpc) is 2.46. The van der Waals surface area contributed by atoms with Crippen molar-refractivity contribution in [2.45, 2.75) is 0 Å². The maximum atomic E-state index is 13.0. The van der Waals surface area contributed by atoms with Gasteiger partial charge in [0.15, 0.2) is 0 Å². The second kappa shape index (κ2) is 5.85. The topological polar surface area (TPSA) is 56.8 Å². The molecule has 0 radical (unpaired) electrons. The summed E-state index contributed by atoms with van der Waals surface area (Å²) in [6.07, 6.45) is 1.27. The predicted octanol–water partition coefficient (Wildman–Crippen LogP) is 0.660. The van der Waals surface area contributed by atoms with Gasteiger partial charge in [-0.15, -0.1) is 0 Å². The molecule has 6 nitrogen and oxygen atoms in total. The highest BCUT2D eigenvalue weighted by Gasteiger charge is 2.25. The van der Waals surface area contributed by atoms with E-state index in [4.69, 9.17) is 0 Å². The first-order valence-corrected chi connectivity index (χ1v) is 6.36. The van der Waals surface area contributed by atoms with Gasteiger partial charge in [-0.25, -0.2) is 9.78 Å². The molecule has 0 aromatic carbocycles. The minimum Gasteiger partial charge on any atom is -0.335 e. The lowest BCUT2D eigenvalue weighted by Gasteiger charge is -2.35. The summed E-state index contributed by atoms with van der Waals surface area (Å²) in [5.74, 6) is -0.902. The van der Waals surface area contributed by atoms with Crippen LogP contribution in [0.5, 0.6) is 0 Å². The molecule has 3 amide bonds. The van der Waals surface area contributed by atoms with E-state index < -0.39 is 5.95 Å². The van der Waals surface area contributed by atoms with Gasteiger partial charge in [0.25, 0.3) is 5.91 Å². The van der Waals surface area contributed by atoms with Gasteiger partial charge in [0, 0.05) is 58.1 Å². The number of carbonyl (C=O) groups excluding carboxylic acids is 2. The van der Waals surface area contributed by atoms with Crippen LogP contribution in [0.1, 0.15) is 10.4 Å². The van der Waals surface area contributed by atoms with Crippen LogP contribution < -0.4 is 0 Å². The molecule has 1 aliphatic rings. The fourth-order valence-corrected chi connectivity index (χ4v) is 2.10. The van der Waals surface area contributed by atoms with E-state index in [1.54, 1.807) is 23.9 Å². The monoisotopic (exact) mass is 280 g/mol. The number of hydrogen-bond donors (Lipinski definition) is 0. The molecule has 0 unspecified atom stereocenters. The molecule has 2 heterocycles. The molecule has 1 aliphatic heterocycles. The molecule has 1 fully saturated rings. The lowest BCUT2D eigenvalue weighted by atomic mass is 10.2. The van der Waals surface area contributed by atoms with Gasteiger partial charge in [0.05, 0.1) is 0 Å². The van der Waals surface area contributed by atoms with Crippen LogP contribution in [-0.4, -0.2) is 71.9 Å². The molecular weight excluding hydrogens is 263 g/mol. The molecule has 0 N–H and O–H groups in total. The van der Waals surface area contributed by atoms with Crippen molar-refractivity contribution >= 4 is 11.9 Å². The van der Waals surface area contributed by atoms with E-state index in [0.29, 0.717) is 26.2 Å². The summed E-state index contributed by atoms with van der Waals surface area (Å²) in [6.45, 7) is 1.86. The second-order valence-electron chi connectivity index (χ2n) is 4.82. The van der Waals surface area contributed by atoms with E-state index in [-0.39, 0.29) is 17.5 Å². The fourth-order valence-electron chi connectivity index (χ4n) is 2.10. The Morgan fingerprint density at radius 2 is 1.80 bits per heavy atom. The summed E-state index contributed by atoms with van der Waals surface area (Å²) in [4.78, 5) is 32.2. The molecule has 1 saturated heterocycles. The molecule has 1 aromatic heterocycles. The lowest BCUT2D eigenvalue weighted by Crippen LogP contribution is -2.52. The smallest absolute Gasteiger partial charge is 0.319 e. The number of rotatable bonds is 1. The van der Waals surface area contributed by atoms with Crippen molar-refractivity contribution in [2.24, 2.45) is 0 Å². The summed E-state index contributed by atoms with van der Waals surface area (Å²) in [5, 5.41) is 0. The molecule has 0 spiro atoms. The van der Waals surface area contributed by atoms with E-state index in [9.17, 15) is 14.0 Å². The molecule has 20 heavy (non-hydrogen) atoms. The van der Waals surface area contributed by atoms with E-state index in [0.717, 1.165) is 6.07 Å². The Hall–Kier alpha value is -2.18. The van der Waals surface area contributed by atoms with Crippen LogP contribution in [0.4, 0.5) is 9.18 Å². The number of halogens is 1. The highest BCUT2D eigenvalue weighted by molar-refractivity contribution is 5.94. The Balaban J connectivity index is 1.97. The Morgan fingerprint density at radius 3 is 2.35 bits per heavy atom. The zero-order valence-corrected chi connectivity index (χ0v) is 11.5. The van der Waals surface area contributed by atoms with Crippen molar-refractivity contribution in [1.82, 2.24) is 19.7 Å². The van der Waals surface area contributed by atoms with E-state index in [2.05, 4.69) is 4.98 Å². The first-order chi connectivity index (χ1) is 9.49. The van der Waals surface area contributed by atoms with Crippen LogP contribution in [-0.2, 0) is 0 Å². The number of nitrogens with zero attached hydrogens (tertiary/aromatic N) is 4. The Morgan fingerprint density at radius 1 is 1.20 bits per heavy atom. The van der Waals surface area contributed by atoms with Crippen molar-refractivity contribution in [3.63, 3.8) is 0 Å². The molecule has 7 heteroatoms. The zero-order chi connectivity index (χ0) is 14.7. The minimum absolute atomic E-state index is 0.0629. The second-order valence-corrected chi connectivity index (χ2v) is 4.82. The number of hydrogen-bond acceptors (Lipinski definition) is 3. The standard InChI is InChI=1S/C13H17FN4O2/c1-16(2)13(20)18-7-5-17(6-8-18)12(19)10-3-4-15-11(14)9-10/h3-4,9H,5-8H2,1-2H3. The third-order valence-electron chi connectivity index (χ3n) is 3.19. The largest absolute Gasteiger partial charge is 0.335 e. The molecule has 0 atom stereocenters. The maximum Gasteiger partial charge on any atom is 0.319 e. The quantitative estimate of drug-likeness (QED) is 0.710. The van der Waals surface area contributed by atoms with Gasteiger partial charge in [0.1, 0.15) is 0 Å². The predicted molar refractivity (Wildman–Crippen MR) is 70.8 cm³/mol. The molecule has 108 valence electrons. The number of urea groups is 1. The van der Waals surface area contributed by atoms with Crippen LogP contribution in [0.15, 0.2) is 18.3 Å². The fraction of sp³-hybridized carbons (Fsp3) is 0.462. The van der Waals surface area contributed by atoms with E-state index in [1.165, 1.54) is 17.2 Å². The van der Waals surface area contributed by atoms with E-state index >= 15 is 0 Å². The van der Waals surface area contributed by atoms with Crippen molar-refractivity contribution < 1.29 is 14.0 Å². The summed E-state index contributed by atoms with van der Waals surface area (Å²) in [6, 6.07) is 2.55. The van der Waals surface area contributed by atoms with Gasteiger partial charge in [-0.3, -0.25) is 4.79 Å². The molecular formula is C13H17FN4O2. The molecule has 2 rings (SSSR count). The van der Waals surface area contributed by atoms with Crippen LogP contribution >= 0.6 is 0 Å². The average molecular weight is 280 g/mol. The number of carbonyl (C=O) groups is 2. The van der Waals surface area contributed by atoms with Crippen LogP contribution in [0.2, 0.25) is 0 Å². The number of pyridine rings is 1. The summed E-state index contributed by atoms with van der Waals surface area (Å²) in [5.41, 5.74) is 0.282. The van der Waals surface area contributed by atoms with Gasteiger partial charge in [0.2, 0.25) is 5.95 Å². The first kappa shape index (κ1) is 14.2. The van der Waals surface area contributed by atoms with Crippen molar-refractivity contribution in [3.05, 3.63) is 29.8 Å². The minimum atomic E-state index is -0.669. The lowest BCUT2D eigenvalue weighted by molar-refractivity contribution is 0.0649. The molecule has 1 aromatic rings. The van der Waals surface area contributed by atoms with E-state index in [1.807, 2.05) is 0 Å². The highest BCUT2D eigenvalue weighted by atomic mass is 19.1. The third kappa shape index (κ3) is 3.04. The molecule has 0 aliphatic carbocycles. The SMILES string of the molecule is CN(C)C(=O)N1CCN(C(=O)c2ccnc(F)c2)CC1. The Bertz CT molecular complexity index is 513. The van der Waals surface area contributed by atoms with Crippen molar-refractivity contribution in [2.75, 3.05) is 40.3 Å². The van der Waals surface area contributed by atoms with Crippen LogP contribution in [0, 0.1) is 5.95 Å². The maximum absolute atomic E-state index is 13.0. The highest BCUT2D eigenvalue weighted by Crippen LogP contribution is 2.10. The Labute approximate surface area is 116 Å². The van der Waals surface area contributed by atoms with Crippen LogP contribution in [0.25, 0.3) is 0 Å². The Kier molecular flexibility index (Phi) is 4.16. The zero-order valence-electron chi connectivity index (χ0n) is 11.5. The summed E-state index contributed by atoms with van der Waals surface area (Å²) in [7, 11) is 3.39. The molecule has 0 saturated carbocycles. The normalized spacial score (nSPS) is 15.2. The van der Waals surface area contributed by atoms with Gasteiger partial charge in [-0.1, -0.05) is 0 Å². The van der Waals surface area contributed by atoms with Crippen LogP contribution in [0.3, 0.4) is 0 Å². The van der Waals surface area contributed by atoms with Gasteiger partial charge < -0.3 is 14.7 Å². The number of aromatic nitrogens is 1. The van der Waals surface area contributed by atoms with Crippen molar-refractivity contribution in [1.29, 1.82) is 0 Å². The van der Waals surface area contributed by atoms with Gasteiger partial charge in [-0.05, 0) is 6.07 Å². The summed E-state index contributed by atoms with van der Waals surface area (Å²) < 4.78 is 13.0. The number of piperazine rings is 1. The van der Waals surface area contributed by atoms with Gasteiger partial charge >= 0.3 is 6.03 Å². The summed E-state index contributed by atoms with van der Waals surface area (Å²) >= 11 is 0.